The number of ether oxygens (including phenoxy) is 2. The van der Waals surface area contributed by atoms with E-state index in [0.29, 0.717) is 21.1 Å². The Bertz CT molecular complexity index is 1460. The van der Waals surface area contributed by atoms with Gasteiger partial charge in [0, 0.05) is 10.0 Å². The second-order valence-corrected chi connectivity index (χ2v) is 7.69. The molecule has 2 heterocycles. The molecule has 0 amide bonds. The minimum absolute atomic E-state index is 0.0329. The number of carbonyl (C=O) groups is 3. The lowest BCUT2D eigenvalue weighted by molar-refractivity contribution is 0.0556. The van der Waals surface area contributed by atoms with Crippen molar-refractivity contribution < 1.29 is 23.9 Å². The number of rotatable bonds is 4. The fourth-order valence-electron chi connectivity index (χ4n) is 3.71. The number of hydrogen-bond donors (Lipinski definition) is 0. The first-order chi connectivity index (χ1) is 15.4. The highest BCUT2D eigenvalue weighted by Gasteiger charge is 2.34. The van der Waals surface area contributed by atoms with Crippen LogP contribution in [0.25, 0.3) is 16.4 Å². The molecule has 0 fully saturated rings. The molecule has 0 N–H and O–H groups in total. The summed E-state index contributed by atoms with van der Waals surface area (Å²) in [5, 5.41) is 9.84. The Balaban J connectivity index is 2.21. The molecule has 0 radical (unpaired) electrons. The number of halogens is 1. The van der Waals surface area contributed by atoms with Crippen LogP contribution in [0.1, 0.15) is 42.3 Å². The Hall–Kier alpha value is -3.96. The summed E-state index contributed by atoms with van der Waals surface area (Å²) in [4.78, 5) is 39.4. The monoisotopic (exact) mass is 490 g/mol. The van der Waals surface area contributed by atoms with Crippen molar-refractivity contribution in [2.45, 2.75) is 0 Å². The summed E-state index contributed by atoms with van der Waals surface area (Å²) < 4.78 is 12.0. The molecule has 0 saturated carbocycles. The number of aromatic nitrogens is 1. The van der Waals surface area contributed by atoms with Crippen molar-refractivity contribution in [1.29, 1.82) is 5.26 Å². The maximum absolute atomic E-state index is 13.7. The fraction of sp³-hybridized carbons (Fsp3) is 0.0833. The van der Waals surface area contributed by atoms with Gasteiger partial charge in [-0.25, -0.2) is 9.59 Å². The van der Waals surface area contributed by atoms with Crippen molar-refractivity contribution in [2.24, 2.45) is 0 Å². The number of benzene rings is 2. The van der Waals surface area contributed by atoms with Crippen molar-refractivity contribution >= 4 is 50.1 Å². The average Bonchev–Trinajstić information content (AvgIpc) is 3.19. The Kier molecular flexibility index (Phi) is 5.51. The van der Waals surface area contributed by atoms with Gasteiger partial charge in [0.25, 0.3) is 0 Å². The third-order valence-corrected chi connectivity index (χ3v) is 5.73. The molecule has 0 aliphatic heterocycles. The molecule has 4 rings (SSSR count). The van der Waals surface area contributed by atoms with E-state index in [4.69, 9.17) is 14.7 Å². The topological polar surface area (TPSA) is 97.9 Å². The summed E-state index contributed by atoms with van der Waals surface area (Å²) in [7, 11) is 2.37. The van der Waals surface area contributed by atoms with Crippen molar-refractivity contribution in [2.75, 3.05) is 14.2 Å². The van der Waals surface area contributed by atoms with E-state index < -0.39 is 17.7 Å². The zero-order valence-electron chi connectivity index (χ0n) is 17.0. The third kappa shape index (κ3) is 3.24. The molecule has 0 aliphatic rings. The standard InChI is InChI=1S/C24H15BrN2O5/c1-31-23(29)18-19(24(30)32-2)21(22(28)14-9-7-13(12-26)8-10-14)27-17-6-4-3-5-15(17)11-16(25)20(18)27/h3-11H,1-2H3. The number of pyridine rings is 1. The first-order valence-electron chi connectivity index (χ1n) is 9.40. The van der Waals surface area contributed by atoms with Gasteiger partial charge in [0.1, 0.15) is 16.8 Å². The van der Waals surface area contributed by atoms with E-state index in [2.05, 4.69) is 15.9 Å². The van der Waals surface area contributed by atoms with Crippen LogP contribution < -0.4 is 0 Å². The van der Waals surface area contributed by atoms with Gasteiger partial charge in [0.15, 0.2) is 0 Å². The number of methoxy groups -OCH3 is 2. The second kappa shape index (κ2) is 8.29. The van der Waals surface area contributed by atoms with E-state index in [0.717, 1.165) is 5.39 Å². The second-order valence-electron chi connectivity index (χ2n) is 6.84. The highest BCUT2D eigenvalue weighted by Crippen LogP contribution is 2.36. The zero-order valence-corrected chi connectivity index (χ0v) is 18.6. The molecule has 0 bridgehead atoms. The lowest BCUT2D eigenvalue weighted by Crippen LogP contribution is -2.15. The van der Waals surface area contributed by atoms with Crippen molar-refractivity contribution in [3.8, 4) is 6.07 Å². The molecular formula is C24H15BrN2O5. The molecule has 2 aromatic carbocycles. The maximum atomic E-state index is 13.7. The fourth-order valence-corrected chi connectivity index (χ4v) is 4.33. The van der Waals surface area contributed by atoms with Crippen LogP contribution in [0.15, 0.2) is 59.1 Å². The Labute approximate surface area is 190 Å². The number of carbonyl (C=O) groups excluding carboxylic acids is 3. The summed E-state index contributed by atoms with van der Waals surface area (Å²) >= 11 is 3.48. The van der Waals surface area contributed by atoms with Crippen LogP contribution in [-0.4, -0.2) is 36.3 Å². The molecule has 0 aliphatic carbocycles. The van der Waals surface area contributed by atoms with E-state index in [1.165, 1.54) is 38.5 Å². The van der Waals surface area contributed by atoms with Gasteiger partial charge in [0.05, 0.1) is 36.9 Å². The average molecular weight is 491 g/mol. The molecule has 0 saturated heterocycles. The number of nitriles is 1. The quantitative estimate of drug-likeness (QED) is 0.307. The summed E-state index contributed by atoms with van der Waals surface area (Å²) in [6, 6.07) is 17.1. The summed E-state index contributed by atoms with van der Waals surface area (Å²) in [5.41, 5.74) is 1.26. The van der Waals surface area contributed by atoms with Crippen LogP contribution in [0.4, 0.5) is 0 Å². The van der Waals surface area contributed by atoms with Gasteiger partial charge < -0.3 is 13.9 Å². The molecule has 0 unspecified atom stereocenters. The van der Waals surface area contributed by atoms with Gasteiger partial charge in [-0.15, -0.1) is 0 Å². The van der Waals surface area contributed by atoms with Crippen LogP contribution in [0.3, 0.4) is 0 Å². The molecule has 2 aromatic heterocycles. The van der Waals surface area contributed by atoms with Crippen LogP contribution in [0.5, 0.6) is 0 Å². The predicted molar refractivity (Wildman–Crippen MR) is 120 cm³/mol. The third-order valence-electron chi connectivity index (χ3n) is 5.13. The SMILES string of the molecule is COC(=O)c1c(C(=O)OC)c2c(Br)cc3ccccc3n2c1C(=O)c1ccc(C#N)cc1. The predicted octanol–water partition coefficient (Wildman–Crippen LogP) is 4.53. The van der Waals surface area contributed by atoms with E-state index in [1.54, 1.807) is 22.6 Å². The summed E-state index contributed by atoms with van der Waals surface area (Å²) in [5.74, 6) is -2.14. The van der Waals surface area contributed by atoms with Crippen LogP contribution in [-0.2, 0) is 9.47 Å². The van der Waals surface area contributed by atoms with E-state index in [1.807, 2.05) is 18.2 Å². The minimum Gasteiger partial charge on any atom is -0.465 e. The van der Waals surface area contributed by atoms with Crippen molar-refractivity contribution in [3.05, 3.63) is 87.0 Å². The molecule has 7 nitrogen and oxygen atoms in total. The molecule has 32 heavy (non-hydrogen) atoms. The minimum atomic E-state index is -0.845. The first kappa shape index (κ1) is 21.3. The maximum Gasteiger partial charge on any atom is 0.341 e. The lowest BCUT2D eigenvalue weighted by atomic mass is 10.0. The van der Waals surface area contributed by atoms with Gasteiger partial charge in [-0.1, -0.05) is 18.2 Å². The number of para-hydroxylation sites is 1. The van der Waals surface area contributed by atoms with Crippen LogP contribution in [0, 0.1) is 11.3 Å². The highest BCUT2D eigenvalue weighted by molar-refractivity contribution is 9.10. The normalized spacial score (nSPS) is 10.7. The lowest BCUT2D eigenvalue weighted by Gasteiger charge is -2.10. The smallest absolute Gasteiger partial charge is 0.341 e. The van der Waals surface area contributed by atoms with Gasteiger partial charge >= 0.3 is 11.9 Å². The molecule has 0 spiro atoms. The van der Waals surface area contributed by atoms with Crippen LogP contribution in [0.2, 0.25) is 0 Å². The first-order valence-corrected chi connectivity index (χ1v) is 10.2. The number of ketones is 1. The van der Waals surface area contributed by atoms with Crippen LogP contribution >= 0.6 is 15.9 Å². The van der Waals surface area contributed by atoms with Crippen molar-refractivity contribution in [1.82, 2.24) is 4.40 Å². The summed E-state index contributed by atoms with van der Waals surface area (Å²) in [6.07, 6.45) is 0. The number of fused-ring (bicyclic) bond motifs is 3. The molecule has 0 atom stereocenters. The largest absolute Gasteiger partial charge is 0.465 e. The number of esters is 2. The number of nitrogens with zero attached hydrogens (tertiary/aromatic N) is 2. The molecule has 158 valence electrons. The van der Waals surface area contributed by atoms with E-state index in [-0.39, 0.29) is 22.4 Å². The Morgan fingerprint density at radius 3 is 2.19 bits per heavy atom. The van der Waals surface area contributed by atoms with Crippen molar-refractivity contribution in [3.63, 3.8) is 0 Å². The molecular weight excluding hydrogens is 476 g/mol. The highest BCUT2D eigenvalue weighted by atomic mass is 79.9. The Morgan fingerprint density at radius 1 is 0.938 bits per heavy atom. The van der Waals surface area contributed by atoms with E-state index in [9.17, 15) is 14.4 Å². The van der Waals surface area contributed by atoms with Gasteiger partial charge in [-0.2, -0.15) is 5.26 Å². The number of hydrogen-bond acceptors (Lipinski definition) is 6. The summed E-state index contributed by atoms with van der Waals surface area (Å²) in [6.45, 7) is 0. The van der Waals surface area contributed by atoms with Gasteiger partial charge in [0.2, 0.25) is 5.78 Å². The molecule has 4 aromatic rings. The van der Waals surface area contributed by atoms with Gasteiger partial charge in [-0.05, 0) is 57.7 Å². The van der Waals surface area contributed by atoms with E-state index >= 15 is 0 Å². The molecule has 8 heteroatoms. The van der Waals surface area contributed by atoms with Gasteiger partial charge in [-0.3, -0.25) is 4.79 Å². The Morgan fingerprint density at radius 2 is 1.56 bits per heavy atom. The zero-order chi connectivity index (χ0) is 23.0.